The Morgan fingerprint density at radius 1 is 0.266 bits per heavy atom. The molecular weight excluding hydrogens is 1470 g/mol. The summed E-state index contributed by atoms with van der Waals surface area (Å²) in [6, 6.07) is 0. The zero-order chi connectivity index (χ0) is 75.8. The molecule has 0 aliphatic rings. The summed E-state index contributed by atoms with van der Waals surface area (Å²) < 4.78 is 109. The van der Waals surface area contributed by atoms with Crippen molar-refractivity contribution in [1.82, 2.24) is 0 Å². The Morgan fingerprint density at radius 3 is 0.649 bits per heavy atom. The molecule has 0 bridgehead atoms. The molecular formula is C56H136O22Si16. The number of rotatable bonds is 40. The van der Waals surface area contributed by atoms with Crippen molar-refractivity contribution in [1.29, 1.82) is 0 Å². The fourth-order valence-electron chi connectivity index (χ4n) is 6.45. The van der Waals surface area contributed by atoms with Crippen LogP contribution in [0.3, 0.4) is 0 Å². The first-order valence-corrected chi connectivity index (χ1v) is 79.5. The van der Waals surface area contributed by atoms with Gasteiger partial charge in [0.05, 0.1) is 13.2 Å². The molecule has 94 heavy (non-hydrogen) atoms. The standard InChI is InChI=1S/C16H38O6Si4.C15H36O6Si4.C13H32O5Si4.C12H30O5Si4/c1-15(2)16(17)18-13-12-14-19-26(20-23(3,4)5,21-24(6,7)8)22-25(9,10)11;1-11-15(16)17-13-12-14-18-25(19-22(2,3)4,20-23(5,6)7)21-24(8,9)10;1-12(2)13(14)15-22(16-19(3,4)5,17-20(6,7)8)18-21(9,10)11;1-11-12(13)14-21(15-18(2,3)4,16-19(5,6)7)17-20(8,9)10/h1,12-14H2,2-11H3;11H,1,12-14H2,2-10H3;1H2,2-11H3;11H,1H2,2-10H3. The molecule has 0 amide bonds. The molecule has 0 saturated carbocycles. The molecule has 0 aromatic carbocycles. The van der Waals surface area contributed by atoms with Crippen molar-refractivity contribution < 1.29 is 95.7 Å². The molecule has 0 rings (SSSR count). The van der Waals surface area contributed by atoms with E-state index in [1.807, 2.05) is 118 Å². The van der Waals surface area contributed by atoms with Gasteiger partial charge in [-0.25, -0.2) is 19.2 Å². The molecule has 0 N–H and O–H groups in total. The molecule has 0 radical (unpaired) electrons. The Labute approximate surface area is 589 Å². The third kappa shape index (κ3) is 60.5. The quantitative estimate of drug-likeness (QED) is 0.0240. The Balaban J connectivity index is -0.000000577. The number of hydrogen-bond donors (Lipinski definition) is 0. The maximum atomic E-state index is 12.1. The Kier molecular flexibility index (Phi) is 42.6. The first kappa shape index (κ1) is 100. The van der Waals surface area contributed by atoms with Crippen LogP contribution in [-0.2, 0) is 95.7 Å². The highest BCUT2D eigenvalue weighted by atomic mass is 28.5. The van der Waals surface area contributed by atoms with Crippen LogP contribution in [0.4, 0.5) is 0 Å². The molecule has 0 saturated heterocycles. The van der Waals surface area contributed by atoms with Gasteiger partial charge in [-0.2, -0.15) is 0 Å². The van der Waals surface area contributed by atoms with E-state index in [9.17, 15) is 19.2 Å². The topological polar surface area (TPSA) is 234 Å². The van der Waals surface area contributed by atoms with Crippen LogP contribution >= 0.6 is 0 Å². The number of carbonyl (C=O) groups excluding carboxylic acids is 4. The van der Waals surface area contributed by atoms with Crippen LogP contribution in [0.25, 0.3) is 0 Å². The fourth-order valence-corrected chi connectivity index (χ4v) is 52.9. The van der Waals surface area contributed by atoms with Crippen LogP contribution in [0.15, 0.2) is 49.6 Å². The highest BCUT2D eigenvalue weighted by Gasteiger charge is 2.59. The Morgan fingerprint density at radius 2 is 0.457 bits per heavy atom. The van der Waals surface area contributed by atoms with Gasteiger partial charge in [-0.05, 0) is 250 Å². The van der Waals surface area contributed by atoms with E-state index in [1.54, 1.807) is 13.8 Å². The van der Waals surface area contributed by atoms with Crippen LogP contribution in [0.5, 0.6) is 0 Å². The van der Waals surface area contributed by atoms with Gasteiger partial charge < -0.3 is 76.6 Å². The Hall–Kier alpha value is -0.250. The molecule has 0 fully saturated rings. The van der Waals surface area contributed by atoms with Crippen molar-refractivity contribution in [3.8, 4) is 0 Å². The van der Waals surface area contributed by atoms with Gasteiger partial charge in [0, 0.05) is 49.4 Å². The first-order valence-electron chi connectivity index (χ1n) is 32.1. The molecule has 0 aliphatic carbocycles. The normalized spacial score (nSPS) is 13.8. The van der Waals surface area contributed by atoms with Gasteiger partial charge in [0.25, 0.3) is 0 Å². The van der Waals surface area contributed by atoms with Crippen molar-refractivity contribution in [2.45, 2.75) is 262 Å². The molecule has 0 aliphatic heterocycles. The fraction of sp³-hybridized carbons (Fsp3) is 0.786. The van der Waals surface area contributed by atoms with E-state index in [2.05, 4.69) is 144 Å². The summed E-state index contributed by atoms with van der Waals surface area (Å²) in [5.41, 5.74) is 0.704. The lowest BCUT2D eigenvalue weighted by atomic mass is 10.4. The number of carbonyl (C=O) groups is 4. The summed E-state index contributed by atoms with van der Waals surface area (Å²) in [6.07, 6.45) is 3.37. The van der Waals surface area contributed by atoms with Gasteiger partial charge in [0.2, 0.25) is 0 Å². The summed E-state index contributed by atoms with van der Waals surface area (Å²) in [5, 5.41) is 0. The molecule has 0 unspecified atom stereocenters. The van der Waals surface area contributed by atoms with Crippen LogP contribution in [0.2, 0.25) is 236 Å². The van der Waals surface area contributed by atoms with Gasteiger partial charge >= 0.3 is 60.1 Å². The summed E-state index contributed by atoms with van der Waals surface area (Å²) in [4.78, 5) is 46.5. The van der Waals surface area contributed by atoms with E-state index in [1.165, 1.54) is 0 Å². The van der Waals surface area contributed by atoms with Gasteiger partial charge in [0.1, 0.15) is 0 Å². The maximum Gasteiger partial charge on any atom is 0.719 e. The number of ether oxygens (including phenoxy) is 2. The van der Waals surface area contributed by atoms with Crippen LogP contribution in [0, 0.1) is 0 Å². The largest absolute Gasteiger partial charge is 0.719 e. The highest BCUT2D eigenvalue weighted by Crippen LogP contribution is 2.32. The third-order valence-electron chi connectivity index (χ3n) is 8.26. The minimum Gasteiger partial charge on any atom is -0.462 e. The lowest BCUT2D eigenvalue weighted by Gasteiger charge is -2.41. The lowest BCUT2D eigenvalue weighted by Crippen LogP contribution is -2.63. The molecule has 556 valence electrons. The van der Waals surface area contributed by atoms with Gasteiger partial charge in [0.15, 0.2) is 99.8 Å². The molecule has 0 aromatic heterocycles. The minimum absolute atomic E-state index is 0.266. The van der Waals surface area contributed by atoms with Crippen molar-refractivity contribution in [3.05, 3.63) is 49.6 Å². The smallest absolute Gasteiger partial charge is 0.462 e. The molecule has 0 heterocycles. The number of hydrogen-bond acceptors (Lipinski definition) is 22. The van der Waals surface area contributed by atoms with E-state index >= 15 is 0 Å². The average molecular weight is 1610 g/mol. The van der Waals surface area contributed by atoms with Crippen LogP contribution in [0.1, 0.15) is 26.7 Å². The van der Waals surface area contributed by atoms with E-state index in [0.717, 1.165) is 12.2 Å². The molecule has 0 aromatic rings. The highest BCUT2D eigenvalue weighted by molar-refractivity contribution is 6.91. The zero-order valence-corrected chi connectivity index (χ0v) is 82.2. The SMILES string of the molecule is C=C(C)C(=O)OCCCO[Si](O[Si](C)(C)C)(O[Si](C)(C)C)O[Si](C)(C)C.C=C(C)C(=O)O[Si](O[Si](C)(C)C)(O[Si](C)(C)C)O[Si](C)(C)C.C=CC(=O)OCCCO[Si](O[Si](C)(C)C)(O[Si](C)(C)C)O[Si](C)(C)C.C=CC(=O)O[Si](O[Si](C)(C)C)(O[Si](C)(C)C)O[Si](C)(C)C. The van der Waals surface area contributed by atoms with Crippen molar-refractivity contribution in [3.63, 3.8) is 0 Å². The van der Waals surface area contributed by atoms with Crippen LogP contribution < -0.4 is 0 Å². The van der Waals surface area contributed by atoms with Crippen molar-refractivity contribution in [2.24, 2.45) is 0 Å². The maximum absolute atomic E-state index is 12.1. The zero-order valence-electron chi connectivity index (χ0n) is 66.2. The van der Waals surface area contributed by atoms with E-state index in [4.69, 9.17) is 76.6 Å². The summed E-state index contributed by atoms with van der Waals surface area (Å²) in [7, 11) is -37.6. The molecule has 38 heteroatoms. The van der Waals surface area contributed by atoms with Gasteiger partial charge in [-0.1, -0.05) is 26.3 Å². The van der Waals surface area contributed by atoms with E-state index in [0.29, 0.717) is 37.2 Å². The predicted octanol–water partition coefficient (Wildman–Crippen LogP) is 16.4. The molecule has 0 spiro atoms. The first-order chi connectivity index (χ1) is 41.0. The third-order valence-corrected chi connectivity index (χ3v) is 51.7. The number of esters is 2. The lowest BCUT2D eigenvalue weighted by molar-refractivity contribution is -0.139. The van der Waals surface area contributed by atoms with Gasteiger partial charge in [-0.15, -0.1) is 0 Å². The predicted molar refractivity (Wildman–Crippen MR) is 421 cm³/mol. The summed E-state index contributed by atoms with van der Waals surface area (Å²) in [6.45, 7) is 92.9. The second kappa shape index (κ2) is 40.0. The summed E-state index contributed by atoms with van der Waals surface area (Å²) in [5.74, 6) is -1.89. The summed E-state index contributed by atoms with van der Waals surface area (Å²) >= 11 is 0. The van der Waals surface area contributed by atoms with E-state index in [-0.39, 0.29) is 19.2 Å². The second-order valence-electron chi connectivity index (χ2n) is 34.1. The van der Waals surface area contributed by atoms with Crippen LogP contribution in [-0.4, -0.2) is 186 Å². The molecule has 0 atom stereocenters. The second-order valence-corrected chi connectivity index (χ2v) is 99.5. The van der Waals surface area contributed by atoms with Crippen molar-refractivity contribution >= 4 is 160 Å². The monoisotopic (exact) mass is 1610 g/mol. The molecule has 22 nitrogen and oxygen atoms in total. The average Bonchev–Trinajstić information content (AvgIpc) is 0.828. The van der Waals surface area contributed by atoms with Gasteiger partial charge in [-0.3, -0.25) is 0 Å². The van der Waals surface area contributed by atoms with E-state index < -0.39 is 154 Å². The van der Waals surface area contributed by atoms with Crippen molar-refractivity contribution in [2.75, 3.05) is 26.4 Å². The minimum atomic E-state index is -3.55. The Bertz CT molecular complexity index is 2190.